The third-order valence-corrected chi connectivity index (χ3v) is 5.72. The second kappa shape index (κ2) is 9.38. The van der Waals surface area contributed by atoms with Gasteiger partial charge >= 0.3 is 0 Å². The Morgan fingerprint density at radius 1 is 0.970 bits per heavy atom. The largest absolute Gasteiger partial charge is 0.493 e. The topological polar surface area (TPSA) is 83.7 Å². The lowest BCUT2D eigenvalue weighted by atomic mass is 10.0. The molecule has 0 saturated carbocycles. The summed E-state index contributed by atoms with van der Waals surface area (Å²) in [5.41, 5.74) is 4.59. The minimum atomic E-state index is -1.05. The predicted molar refractivity (Wildman–Crippen MR) is 131 cm³/mol. The van der Waals surface area contributed by atoms with Gasteiger partial charge in [0.1, 0.15) is 0 Å². The Morgan fingerprint density at radius 2 is 1.64 bits per heavy atom. The van der Waals surface area contributed by atoms with Gasteiger partial charge in [-0.15, -0.1) is 0 Å². The van der Waals surface area contributed by atoms with Crippen molar-refractivity contribution in [2.45, 2.75) is 32.9 Å². The molecule has 0 bridgehead atoms. The summed E-state index contributed by atoms with van der Waals surface area (Å²) in [6, 6.07) is 20.4. The van der Waals surface area contributed by atoms with Crippen molar-refractivity contribution in [2.75, 3.05) is 17.7 Å². The zero-order chi connectivity index (χ0) is 23.5. The second-order valence-corrected chi connectivity index (χ2v) is 8.28. The molecule has 1 aromatic heterocycles. The van der Waals surface area contributed by atoms with Gasteiger partial charge in [0, 0.05) is 27.9 Å². The average molecular weight is 445 g/mol. The van der Waals surface area contributed by atoms with Crippen LogP contribution in [0.25, 0.3) is 11.0 Å². The number of carbonyl (C=O) groups excluding carboxylic acids is 1. The number of anilines is 2. The third-order valence-electron chi connectivity index (χ3n) is 5.72. The fourth-order valence-electron chi connectivity index (χ4n) is 3.75. The third kappa shape index (κ3) is 4.71. The molecule has 6 nitrogen and oxygen atoms in total. The van der Waals surface area contributed by atoms with Gasteiger partial charge in [-0.05, 0) is 60.9 Å². The number of hydrogen-bond acceptors (Lipinski definition) is 5. The van der Waals surface area contributed by atoms with Crippen LogP contribution in [0.5, 0.6) is 5.75 Å². The maximum atomic E-state index is 12.6. The van der Waals surface area contributed by atoms with Gasteiger partial charge in [-0.2, -0.15) is 0 Å². The number of para-hydroxylation sites is 1. The van der Waals surface area contributed by atoms with Crippen LogP contribution in [0.3, 0.4) is 0 Å². The minimum Gasteiger partial charge on any atom is -0.493 e. The molecule has 0 radical (unpaired) electrons. The monoisotopic (exact) mass is 444 g/mol. The number of rotatable bonds is 7. The summed E-state index contributed by atoms with van der Waals surface area (Å²) in [6.45, 7) is 6.16. The molecule has 0 saturated heterocycles. The molecule has 3 aromatic carbocycles. The number of aliphatic hydroxyl groups excluding tert-OH is 1. The van der Waals surface area contributed by atoms with E-state index in [0.717, 1.165) is 16.6 Å². The summed E-state index contributed by atoms with van der Waals surface area (Å²) in [7, 11) is 1.58. The number of aliphatic hydroxyl groups is 1. The number of fused-ring (bicyclic) bond motifs is 1. The standard InChI is InChI=1S/C27H28N2O4/c1-16(2)18-8-12-20(13-9-18)28-26(30)19-10-14-21(15-11-19)29-27(31)24-17(3)22-6-5-7-23(32-4)25(22)33-24/h5-16,27,29,31H,1-4H3,(H,28,30). The first-order chi connectivity index (χ1) is 15.9. The maximum absolute atomic E-state index is 12.6. The van der Waals surface area contributed by atoms with Crippen molar-refractivity contribution in [3.8, 4) is 5.75 Å². The summed E-state index contributed by atoms with van der Waals surface area (Å²) < 4.78 is 11.3. The van der Waals surface area contributed by atoms with Crippen molar-refractivity contribution in [1.29, 1.82) is 0 Å². The van der Waals surface area contributed by atoms with Gasteiger partial charge in [0.15, 0.2) is 23.3 Å². The Kier molecular flexibility index (Phi) is 6.38. The minimum absolute atomic E-state index is 0.195. The second-order valence-electron chi connectivity index (χ2n) is 8.28. The van der Waals surface area contributed by atoms with Gasteiger partial charge in [0.05, 0.1) is 7.11 Å². The molecule has 1 atom stereocenters. The number of nitrogens with one attached hydrogen (secondary N) is 2. The Morgan fingerprint density at radius 3 is 2.27 bits per heavy atom. The number of carbonyl (C=O) groups is 1. The van der Waals surface area contributed by atoms with Gasteiger partial charge in [0.25, 0.3) is 5.91 Å². The maximum Gasteiger partial charge on any atom is 0.255 e. The first-order valence-electron chi connectivity index (χ1n) is 10.9. The van der Waals surface area contributed by atoms with Gasteiger partial charge in [-0.1, -0.05) is 38.1 Å². The number of amides is 1. The smallest absolute Gasteiger partial charge is 0.255 e. The SMILES string of the molecule is COc1cccc2c(C)c(C(O)Nc3ccc(C(=O)Nc4ccc(C(C)C)cc4)cc3)oc12. The molecular weight excluding hydrogens is 416 g/mol. The summed E-state index contributed by atoms with van der Waals surface area (Å²) in [5.74, 6) is 1.28. The molecule has 0 aliphatic heterocycles. The molecule has 33 heavy (non-hydrogen) atoms. The highest BCUT2D eigenvalue weighted by Crippen LogP contribution is 2.35. The van der Waals surface area contributed by atoms with E-state index < -0.39 is 6.23 Å². The van der Waals surface area contributed by atoms with Crippen LogP contribution >= 0.6 is 0 Å². The molecule has 4 aromatic rings. The number of methoxy groups -OCH3 is 1. The van der Waals surface area contributed by atoms with Crippen LogP contribution in [0.2, 0.25) is 0 Å². The van der Waals surface area contributed by atoms with E-state index in [-0.39, 0.29) is 5.91 Å². The molecular formula is C27H28N2O4. The molecule has 0 aliphatic rings. The quantitative estimate of drug-likeness (QED) is 0.294. The summed E-state index contributed by atoms with van der Waals surface area (Å²) in [4.78, 5) is 12.6. The van der Waals surface area contributed by atoms with Crippen molar-refractivity contribution in [3.63, 3.8) is 0 Å². The summed E-state index contributed by atoms with van der Waals surface area (Å²) in [6.07, 6.45) is -1.05. The van der Waals surface area contributed by atoms with Crippen molar-refractivity contribution in [2.24, 2.45) is 0 Å². The zero-order valence-corrected chi connectivity index (χ0v) is 19.2. The van der Waals surface area contributed by atoms with E-state index in [1.54, 1.807) is 31.4 Å². The van der Waals surface area contributed by atoms with Crippen LogP contribution in [-0.4, -0.2) is 18.1 Å². The van der Waals surface area contributed by atoms with Crippen LogP contribution in [0.15, 0.2) is 71.1 Å². The van der Waals surface area contributed by atoms with Crippen molar-refractivity contribution >= 4 is 28.3 Å². The number of benzene rings is 3. The molecule has 0 aliphatic carbocycles. The lowest BCUT2D eigenvalue weighted by Gasteiger charge is -2.13. The molecule has 0 spiro atoms. The van der Waals surface area contributed by atoms with Crippen molar-refractivity contribution in [3.05, 3.63) is 89.2 Å². The van der Waals surface area contributed by atoms with Crippen LogP contribution in [0.1, 0.15) is 53.2 Å². The first kappa shape index (κ1) is 22.4. The molecule has 1 unspecified atom stereocenters. The van der Waals surface area contributed by atoms with Crippen LogP contribution in [0, 0.1) is 6.92 Å². The van der Waals surface area contributed by atoms with Gasteiger partial charge in [-0.25, -0.2) is 0 Å². The van der Waals surface area contributed by atoms with Crippen LogP contribution < -0.4 is 15.4 Å². The average Bonchev–Trinajstić information content (AvgIpc) is 3.16. The van der Waals surface area contributed by atoms with E-state index in [2.05, 4.69) is 24.5 Å². The van der Waals surface area contributed by atoms with E-state index >= 15 is 0 Å². The zero-order valence-electron chi connectivity index (χ0n) is 19.2. The molecule has 1 amide bonds. The normalized spacial score (nSPS) is 12.1. The summed E-state index contributed by atoms with van der Waals surface area (Å²) >= 11 is 0. The van der Waals surface area contributed by atoms with E-state index in [1.165, 1.54) is 5.56 Å². The predicted octanol–water partition coefficient (Wildman–Crippen LogP) is 6.23. The van der Waals surface area contributed by atoms with Crippen LogP contribution in [-0.2, 0) is 0 Å². The highest BCUT2D eigenvalue weighted by atomic mass is 16.5. The fourth-order valence-corrected chi connectivity index (χ4v) is 3.75. The van der Waals surface area contributed by atoms with E-state index in [0.29, 0.717) is 34.3 Å². The molecule has 3 N–H and O–H groups in total. The molecule has 1 heterocycles. The van der Waals surface area contributed by atoms with Gasteiger partial charge < -0.3 is 24.9 Å². The van der Waals surface area contributed by atoms with E-state index in [1.807, 2.05) is 49.4 Å². The van der Waals surface area contributed by atoms with Gasteiger partial charge in [0.2, 0.25) is 0 Å². The fraction of sp³-hybridized carbons (Fsp3) is 0.222. The van der Waals surface area contributed by atoms with E-state index in [9.17, 15) is 9.90 Å². The number of ether oxygens (including phenoxy) is 1. The van der Waals surface area contributed by atoms with Crippen LogP contribution in [0.4, 0.5) is 11.4 Å². The Hall–Kier alpha value is -3.77. The van der Waals surface area contributed by atoms with Crippen molar-refractivity contribution < 1.29 is 19.1 Å². The summed E-state index contributed by atoms with van der Waals surface area (Å²) in [5, 5.41) is 17.5. The van der Waals surface area contributed by atoms with E-state index in [4.69, 9.17) is 9.15 Å². The number of hydrogen-bond donors (Lipinski definition) is 3. The number of furan rings is 1. The highest BCUT2D eigenvalue weighted by Gasteiger charge is 2.20. The Labute approximate surface area is 193 Å². The lowest BCUT2D eigenvalue weighted by Crippen LogP contribution is -2.13. The first-order valence-corrected chi connectivity index (χ1v) is 10.9. The molecule has 0 fully saturated rings. The molecule has 170 valence electrons. The van der Waals surface area contributed by atoms with Gasteiger partial charge in [-0.3, -0.25) is 4.79 Å². The molecule has 6 heteroatoms. The number of aryl methyl sites for hydroxylation is 1. The highest BCUT2D eigenvalue weighted by molar-refractivity contribution is 6.04. The Bertz CT molecular complexity index is 1260. The lowest BCUT2D eigenvalue weighted by molar-refractivity contribution is 0.102. The van der Waals surface area contributed by atoms with Crippen molar-refractivity contribution in [1.82, 2.24) is 0 Å². The molecule has 4 rings (SSSR count). The Balaban J connectivity index is 1.44.